The molecule has 1 amide bonds. The van der Waals surface area contributed by atoms with Gasteiger partial charge in [0, 0.05) is 43.2 Å². The number of nitrogens with one attached hydrogen (secondary N) is 2. The Kier molecular flexibility index (Phi) is 5.43. The van der Waals surface area contributed by atoms with Crippen LogP contribution in [0.5, 0.6) is 0 Å². The highest BCUT2D eigenvalue weighted by Crippen LogP contribution is 2.33. The van der Waals surface area contributed by atoms with Crippen molar-refractivity contribution in [2.75, 3.05) is 29.9 Å². The third kappa shape index (κ3) is 4.24. The molecule has 9 heteroatoms. The standard InChI is InChI=1S/C24H26N6O3/c1-24(2,32)19-14-30(9-10-33-19)16-3-4-20(26-11-16)29-18-13-27-22(15-5-7-25-8-6-15)17-12-28-23(31)21(17)18/h3-8,11,13,19,32H,9-10,12,14H2,1-2H3,(H,26,29)(H,28,31)/t19-/m1/s1. The highest BCUT2D eigenvalue weighted by atomic mass is 16.5. The maximum absolute atomic E-state index is 12.6. The van der Waals surface area contributed by atoms with Crippen molar-refractivity contribution in [1.82, 2.24) is 20.3 Å². The summed E-state index contributed by atoms with van der Waals surface area (Å²) in [7, 11) is 0. The summed E-state index contributed by atoms with van der Waals surface area (Å²) in [6.07, 6.45) is 6.61. The second-order valence-electron chi connectivity index (χ2n) is 8.78. The van der Waals surface area contributed by atoms with Gasteiger partial charge in [-0.25, -0.2) is 4.98 Å². The number of carbonyl (C=O) groups excluding carboxylic acids is 1. The second kappa shape index (κ2) is 8.42. The highest BCUT2D eigenvalue weighted by molar-refractivity contribution is 6.05. The Labute approximate surface area is 191 Å². The Bertz CT molecular complexity index is 1160. The molecule has 0 bridgehead atoms. The van der Waals surface area contributed by atoms with Crippen molar-refractivity contribution in [3.63, 3.8) is 0 Å². The first-order valence-corrected chi connectivity index (χ1v) is 10.9. The average Bonchev–Trinajstić information content (AvgIpc) is 3.22. The minimum absolute atomic E-state index is 0.132. The van der Waals surface area contributed by atoms with Gasteiger partial charge in [-0.2, -0.15) is 0 Å². The molecular formula is C24H26N6O3. The molecule has 1 fully saturated rings. The van der Waals surface area contributed by atoms with Gasteiger partial charge in [0.25, 0.3) is 5.91 Å². The number of amides is 1. The molecule has 0 spiro atoms. The summed E-state index contributed by atoms with van der Waals surface area (Å²) in [5.41, 5.74) is 3.79. The fraction of sp³-hybridized carbons (Fsp3) is 0.333. The molecule has 170 valence electrons. The highest BCUT2D eigenvalue weighted by Gasteiger charge is 2.33. The Balaban J connectivity index is 1.37. The Hall–Kier alpha value is -3.56. The van der Waals surface area contributed by atoms with Gasteiger partial charge in [0.1, 0.15) is 11.9 Å². The fourth-order valence-corrected chi connectivity index (χ4v) is 4.19. The quantitative estimate of drug-likeness (QED) is 0.548. The van der Waals surface area contributed by atoms with E-state index in [2.05, 4.69) is 30.5 Å². The maximum atomic E-state index is 12.6. The van der Waals surface area contributed by atoms with Crippen LogP contribution in [0.3, 0.4) is 0 Å². The molecule has 3 aromatic heterocycles. The zero-order chi connectivity index (χ0) is 23.0. The SMILES string of the molecule is CC(C)(O)[C@H]1CN(c2ccc(Nc3cnc(-c4ccncc4)c4c3C(=O)NC4)nc2)CCO1. The van der Waals surface area contributed by atoms with Gasteiger partial charge in [-0.05, 0) is 38.1 Å². The van der Waals surface area contributed by atoms with Crippen molar-refractivity contribution in [1.29, 1.82) is 0 Å². The maximum Gasteiger partial charge on any atom is 0.254 e. The van der Waals surface area contributed by atoms with Crippen LogP contribution in [0.25, 0.3) is 11.3 Å². The summed E-state index contributed by atoms with van der Waals surface area (Å²) in [6.45, 7) is 5.82. The monoisotopic (exact) mass is 446 g/mol. The van der Waals surface area contributed by atoms with Crippen LogP contribution in [0.4, 0.5) is 17.2 Å². The number of carbonyl (C=O) groups is 1. The minimum atomic E-state index is -0.913. The zero-order valence-electron chi connectivity index (χ0n) is 18.6. The largest absolute Gasteiger partial charge is 0.388 e. The van der Waals surface area contributed by atoms with Crippen LogP contribution in [0.15, 0.2) is 49.1 Å². The van der Waals surface area contributed by atoms with Crippen LogP contribution in [0.2, 0.25) is 0 Å². The molecule has 5 rings (SSSR count). The number of pyridine rings is 3. The first kappa shape index (κ1) is 21.3. The number of hydrogen-bond donors (Lipinski definition) is 3. The predicted molar refractivity (Wildman–Crippen MR) is 124 cm³/mol. The topological polar surface area (TPSA) is 112 Å². The van der Waals surface area contributed by atoms with E-state index in [0.29, 0.717) is 36.8 Å². The van der Waals surface area contributed by atoms with Gasteiger partial charge >= 0.3 is 0 Å². The number of aromatic nitrogens is 3. The van der Waals surface area contributed by atoms with Crippen LogP contribution >= 0.6 is 0 Å². The number of ether oxygens (including phenoxy) is 1. The van der Waals surface area contributed by atoms with Crippen LogP contribution in [0, 0.1) is 0 Å². The van der Waals surface area contributed by atoms with Crippen molar-refractivity contribution < 1.29 is 14.6 Å². The van der Waals surface area contributed by atoms with Crippen LogP contribution in [0.1, 0.15) is 29.8 Å². The zero-order valence-corrected chi connectivity index (χ0v) is 18.6. The summed E-state index contributed by atoms with van der Waals surface area (Å²) < 4.78 is 5.72. The van der Waals surface area contributed by atoms with E-state index in [0.717, 1.165) is 29.1 Å². The molecule has 9 nitrogen and oxygen atoms in total. The molecule has 0 unspecified atom stereocenters. The van der Waals surface area contributed by atoms with E-state index < -0.39 is 5.60 Å². The number of hydrogen-bond acceptors (Lipinski definition) is 8. The lowest BCUT2D eigenvalue weighted by atomic mass is 10.00. The Morgan fingerprint density at radius 2 is 2.00 bits per heavy atom. The molecule has 0 saturated carbocycles. The van der Waals surface area contributed by atoms with E-state index in [1.54, 1.807) is 38.6 Å². The lowest BCUT2D eigenvalue weighted by Gasteiger charge is -2.39. The molecule has 1 atom stereocenters. The summed E-state index contributed by atoms with van der Waals surface area (Å²) in [5, 5.41) is 16.4. The summed E-state index contributed by atoms with van der Waals surface area (Å²) in [6, 6.07) is 7.61. The average molecular weight is 447 g/mol. The van der Waals surface area contributed by atoms with E-state index in [4.69, 9.17) is 4.74 Å². The van der Waals surface area contributed by atoms with Crippen molar-refractivity contribution in [3.8, 4) is 11.3 Å². The number of morpholine rings is 1. The fourth-order valence-electron chi connectivity index (χ4n) is 4.19. The summed E-state index contributed by atoms with van der Waals surface area (Å²) in [4.78, 5) is 28.0. The summed E-state index contributed by atoms with van der Waals surface area (Å²) >= 11 is 0. The van der Waals surface area contributed by atoms with Crippen LogP contribution in [-0.2, 0) is 11.3 Å². The molecule has 0 aromatic carbocycles. The molecule has 2 aliphatic rings. The lowest BCUT2D eigenvalue weighted by molar-refractivity contribution is -0.0928. The lowest BCUT2D eigenvalue weighted by Crippen LogP contribution is -2.52. The van der Waals surface area contributed by atoms with Gasteiger partial charge in [-0.1, -0.05) is 0 Å². The van der Waals surface area contributed by atoms with Gasteiger partial charge < -0.3 is 25.4 Å². The normalized spacial score (nSPS) is 18.1. The molecule has 5 heterocycles. The van der Waals surface area contributed by atoms with E-state index in [1.165, 1.54) is 0 Å². The van der Waals surface area contributed by atoms with E-state index in [-0.39, 0.29) is 12.0 Å². The number of anilines is 3. The van der Waals surface area contributed by atoms with Crippen molar-refractivity contribution in [2.45, 2.75) is 32.1 Å². The van der Waals surface area contributed by atoms with Crippen molar-refractivity contribution >= 4 is 23.1 Å². The number of rotatable bonds is 5. The molecule has 0 radical (unpaired) electrons. The third-order valence-corrected chi connectivity index (χ3v) is 6.02. The van der Waals surface area contributed by atoms with E-state index in [1.807, 2.05) is 24.3 Å². The van der Waals surface area contributed by atoms with Gasteiger partial charge in [-0.15, -0.1) is 0 Å². The van der Waals surface area contributed by atoms with Crippen LogP contribution < -0.4 is 15.5 Å². The van der Waals surface area contributed by atoms with Crippen molar-refractivity contribution in [3.05, 3.63) is 60.2 Å². The Morgan fingerprint density at radius 3 is 2.73 bits per heavy atom. The smallest absolute Gasteiger partial charge is 0.254 e. The predicted octanol–water partition coefficient (Wildman–Crippen LogP) is 2.50. The van der Waals surface area contributed by atoms with E-state index >= 15 is 0 Å². The van der Waals surface area contributed by atoms with E-state index in [9.17, 15) is 9.90 Å². The molecule has 1 saturated heterocycles. The van der Waals surface area contributed by atoms with Gasteiger partial charge in [-0.3, -0.25) is 14.8 Å². The van der Waals surface area contributed by atoms with Gasteiger partial charge in [0.2, 0.25) is 0 Å². The van der Waals surface area contributed by atoms with Crippen molar-refractivity contribution in [2.24, 2.45) is 0 Å². The Morgan fingerprint density at radius 1 is 1.18 bits per heavy atom. The van der Waals surface area contributed by atoms with Crippen LogP contribution in [-0.4, -0.2) is 57.4 Å². The number of nitrogens with zero attached hydrogens (tertiary/aromatic N) is 4. The second-order valence-corrected chi connectivity index (χ2v) is 8.78. The summed E-state index contributed by atoms with van der Waals surface area (Å²) in [5.74, 6) is 0.485. The molecular weight excluding hydrogens is 420 g/mol. The first-order valence-electron chi connectivity index (χ1n) is 10.9. The minimum Gasteiger partial charge on any atom is -0.388 e. The first-order chi connectivity index (χ1) is 15.9. The molecule has 0 aliphatic carbocycles. The van der Waals surface area contributed by atoms with Gasteiger partial charge in [0.15, 0.2) is 0 Å². The number of fused-ring (bicyclic) bond motifs is 1. The third-order valence-electron chi connectivity index (χ3n) is 6.02. The molecule has 3 N–H and O–H groups in total. The van der Waals surface area contributed by atoms with Gasteiger partial charge in [0.05, 0.1) is 47.2 Å². The molecule has 2 aliphatic heterocycles. The molecule has 3 aromatic rings. The number of aliphatic hydroxyl groups is 1. The molecule has 33 heavy (non-hydrogen) atoms.